The SMILES string of the molecule is COCC1OC(n2cc(C)c(N(C)C)nc2=O)C(C)C1OC. The van der Waals surface area contributed by atoms with Gasteiger partial charge in [-0.1, -0.05) is 6.92 Å². The molecule has 1 saturated heterocycles. The first-order valence-corrected chi connectivity index (χ1v) is 7.35. The number of aryl methyl sites for hydroxylation is 1. The van der Waals surface area contributed by atoms with Crippen molar-refractivity contribution in [3.63, 3.8) is 0 Å². The van der Waals surface area contributed by atoms with Crippen LogP contribution in [0.3, 0.4) is 0 Å². The second-order valence-corrected chi connectivity index (χ2v) is 5.91. The average Bonchev–Trinajstić information content (AvgIpc) is 2.77. The summed E-state index contributed by atoms with van der Waals surface area (Å²) >= 11 is 0. The fourth-order valence-electron chi connectivity index (χ4n) is 3.06. The van der Waals surface area contributed by atoms with Crippen LogP contribution < -0.4 is 10.6 Å². The lowest BCUT2D eigenvalue weighted by atomic mass is 10.0. The Morgan fingerprint density at radius 1 is 1.41 bits per heavy atom. The van der Waals surface area contributed by atoms with E-state index in [4.69, 9.17) is 14.2 Å². The number of nitrogens with zero attached hydrogens (tertiary/aromatic N) is 3. The highest BCUT2D eigenvalue weighted by Gasteiger charge is 2.43. The fourth-order valence-corrected chi connectivity index (χ4v) is 3.06. The maximum absolute atomic E-state index is 12.4. The van der Waals surface area contributed by atoms with Crippen LogP contribution in [-0.4, -0.2) is 56.7 Å². The fraction of sp³-hybridized carbons (Fsp3) is 0.733. The van der Waals surface area contributed by atoms with E-state index in [1.165, 1.54) is 0 Å². The summed E-state index contributed by atoms with van der Waals surface area (Å²) in [5.41, 5.74) is 0.601. The Morgan fingerprint density at radius 3 is 2.64 bits per heavy atom. The third kappa shape index (κ3) is 3.02. The minimum atomic E-state index is -0.403. The highest BCUT2D eigenvalue weighted by Crippen LogP contribution is 2.35. The van der Waals surface area contributed by atoms with Crippen molar-refractivity contribution >= 4 is 5.82 Å². The van der Waals surface area contributed by atoms with Gasteiger partial charge in [0.2, 0.25) is 0 Å². The molecular formula is C15H25N3O4. The third-order valence-corrected chi connectivity index (χ3v) is 4.06. The van der Waals surface area contributed by atoms with Gasteiger partial charge >= 0.3 is 5.69 Å². The van der Waals surface area contributed by atoms with E-state index in [1.54, 1.807) is 25.0 Å². The van der Waals surface area contributed by atoms with Crippen molar-refractivity contribution in [1.82, 2.24) is 9.55 Å². The van der Waals surface area contributed by atoms with Crippen LogP contribution in [0.25, 0.3) is 0 Å². The van der Waals surface area contributed by atoms with Crippen LogP contribution in [-0.2, 0) is 14.2 Å². The van der Waals surface area contributed by atoms with Crippen molar-refractivity contribution in [2.24, 2.45) is 5.92 Å². The molecule has 124 valence electrons. The molecular weight excluding hydrogens is 286 g/mol. The van der Waals surface area contributed by atoms with Gasteiger partial charge in [0, 0.05) is 46.0 Å². The Labute approximate surface area is 130 Å². The molecule has 22 heavy (non-hydrogen) atoms. The molecule has 0 N–H and O–H groups in total. The number of hydrogen-bond donors (Lipinski definition) is 0. The van der Waals surface area contributed by atoms with Gasteiger partial charge in [-0.15, -0.1) is 0 Å². The van der Waals surface area contributed by atoms with Gasteiger partial charge in [-0.2, -0.15) is 4.98 Å². The van der Waals surface area contributed by atoms with Crippen molar-refractivity contribution in [1.29, 1.82) is 0 Å². The van der Waals surface area contributed by atoms with E-state index in [2.05, 4.69) is 4.98 Å². The second kappa shape index (κ2) is 6.76. The van der Waals surface area contributed by atoms with Crippen molar-refractivity contribution in [3.8, 4) is 0 Å². The van der Waals surface area contributed by atoms with Gasteiger partial charge in [0.05, 0.1) is 12.7 Å². The largest absolute Gasteiger partial charge is 0.382 e. The Hall–Kier alpha value is -1.44. The van der Waals surface area contributed by atoms with Crippen LogP contribution in [0.5, 0.6) is 0 Å². The van der Waals surface area contributed by atoms with E-state index in [0.29, 0.717) is 12.4 Å². The van der Waals surface area contributed by atoms with Crippen molar-refractivity contribution in [2.45, 2.75) is 32.3 Å². The Morgan fingerprint density at radius 2 is 2.09 bits per heavy atom. The summed E-state index contributed by atoms with van der Waals surface area (Å²) in [6, 6.07) is 0. The molecule has 0 aliphatic carbocycles. The Balaban J connectivity index is 2.36. The van der Waals surface area contributed by atoms with E-state index in [1.807, 2.05) is 32.8 Å². The van der Waals surface area contributed by atoms with Crippen molar-refractivity contribution < 1.29 is 14.2 Å². The number of anilines is 1. The summed E-state index contributed by atoms with van der Waals surface area (Å²) in [5, 5.41) is 0. The van der Waals surface area contributed by atoms with Crippen LogP contribution in [0.4, 0.5) is 5.82 Å². The van der Waals surface area contributed by atoms with Crippen molar-refractivity contribution in [3.05, 3.63) is 22.2 Å². The summed E-state index contributed by atoms with van der Waals surface area (Å²) in [6.07, 6.45) is 1.08. The zero-order valence-electron chi connectivity index (χ0n) is 14.1. The predicted octanol–water partition coefficient (Wildman–Crippen LogP) is 0.813. The molecule has 0 saturated carbocycles. The average molecular weight is 311 g/mol. The molecule has 2 rings (SSSR count). The van der Waals surface area contributed by atoms with Gasteiger partial charge in [0.25, 0.3) is 0 Å². The number of aromatic nitrogens is 2. The molecule has 4 unspecified atom stereocenters. The maximum atomic E-state index is 12.4. The minimum Gasteiger partial charge on any atom is -0.382 e. The number of ether oxygens (including phenoxy) is 3. The molecule has 1 fully saturated rings. The molecule has 7 nitrogen and oxygen atoms in total. The first-order chi connectivity index (χ1) is 10.4. The van der Waals surface area contributed by atoms with Gasteiger partial charge in [-0.05, 0) is 6.92 Å². The maximum Gasteiger partial charge on any atom is 0.351 e. The molecule has 4 atom stereocenters. The number of rotatable bonds is 5. The highest BCUT2D eigenvalue weighted by molar-refractivity contribution is 5.42. The summed E-state index contributed by atoms with van der Waals surface area (Å²) < 4.78 is 18.3. The summed E-state index contributed by atoms with van der Waals surface area (Å²) in [7, 11) is 7.00. The van der Waals surface area contributed by atoms with E-state index >= 15 is 0 Å². The first-order valence-electron chi connectivity index (χ1n) is 7.35. The number of hydrogen-bond acceptors (Lipinski definition) is 6. The Bertz CT molecular complexity index is 572. The minimum absolute atomic E-state index is 0.0225. The van der Waals surface area contributed by atoms with Gasteiger partial charge in [-0.25, -0.2) is 4.79 Å². The monoisotopic (exact) mass is 311 g/mol. The summed E-state index contributed by atoms with van der Waals surface area (Å²) in [4.78, 5) is 18.3. The van der Waals surface area contributed by atoms with E-state index in [-0.39, 0.29) is 23.8 Å². The molecule has 1 aliphatic rings. The molecule has 1 aromatic rings. The standard InChI is InChI=1S/C15H25N3O4/c1-9-7-18(15(19)16-13(9)17(3)4)14-10(2)12(21-6)11(22-14)8-20-5/h7,10-12,14H,8H2,1-6H3. The third-order valence-electron chi connectivity index (χ3n) is 4.06. The van der Waals surface area contributed by atoms with E-state index in [0.717, 1.165) is 5.56 Å². The predicted molar refractivity (Wildman–Crippen MR) is 83.3 cm³/mol. The lowest BCUT2D eigenvalue weighted by Gasteiger charge is -2.21. The van der Waals surface area contributed by atoms with Gasteiger partial charge in [0.1, 0.15) is 18.1 Å². The topological polar surface area (TPSA) is 65.8 Å². The molecule has 0 spiro atoms. The molecule has 0 bridgehead atoms. The molecule has 0 amide bonds. The van der Waals surface area contributed by atoms with E-state index < -0.39 is 6.23 Å². The van der Waals surface area contributed by atoms with Crippen LogP contribution in [0.1, 0.15) is 18.7 Å². The molecule has 0 aromatic carbocycles. The molecule has 2 heterocycles. The normalized spacial score (nSPS) is 28.1. The van der Waals surface area contributed by atoms with Gasteiger partial charge in [0.15, 0.2) is 0 Å². The quantitative estimate of drug-likeness (QED) is 0.802. The van der Waals surface area contributed by atoms with Crippen LogP contribution in [0, 0.1) is 12.8 Å². The lowest BCUT2D eigenvalue weighted by molar-refractivity contribution is -0.0622. The van der Waals surface area contributed by atoms with Crippen LogP contribution in [0.15, 0.2) is 11.0 Å². The lowest BCUT2D eigenvalue weighted by Crippen LogP contribution is -2.33. The molecule has 7 heteroatoms. The summed E-state index contributed by atoms with van der Waals surface area (Å²) in [5.74, 6) is 0.692. The molecule has 0 radical (unpaired) electrons. The smallest absolute Gasteiger partial charge is 0.351 e. The molecule has 1 aromatic heterocycles. The number of methoxy groups -OCH3 is 2. The second-order valence-electron chi connectivity index (χ2n) is 5.91. The Kier molecular flexibility index (Phi) is 5.20. The first kappa shape index (κ1) is 16.9. The van der Waals surface area contributed by atoms with Crippen molar-refractivity contribution in [2.75, 3.05) is 39.8 Å². The zero-order chi connectivity index (χ0) is 16.4. The zero-order valence-corrected chi connectivity index (χ0v) is 14.1. The van der Waals surface area contributed by atoms with Crippen LogP contribution >= 0.6 is 0 Å². The van der Waals surface area contributed by atoms with Gasteiger partial charge in [-0.3, -0.25) is 4.57 Å². The highest BCUT2D eigenvalue weighted by atomic mass is 16.6. The molecule has 1 aliphatic heterocycles. The van der Waals surface area contributed by atoms with Crippen LogP contribution in [0.2, 0.25) is 0 Å². The van der Waals surface area contributed by atoms with E-state index in [9.17, 15) is 4.79 Å². The van der Waals surface area contributed by atoms with Gasteiger partial charge < -0.3 is 19.1 Å². The summed E-state index contributed by atoms with van der Waals surface area (Å²) in [6.45, 7) is 4.37.